The van der Waals surface area contributed by atoms with Crippen LogP contribution in [-0.4, -0.2) is 46.4 Å². The molecule has 0 amide bonds. The molecule has 0 spiro atoms. The molecule has 2 aromatic carbocycles. The topological polar surface area (TPSA) is 104 Å². The first-order valence-corrected chi connectivity index (χ1v) is 15.0. The van der Waals surface area contributed by atoms with Crippen molar-refractivity contribution in [3.8, 4) is 21.8 Å². The summed E-state index contributed by atoms with van der Waals surface area (Å²) in [4.78, 5) is 14.2. The second-order valence-electron chi connectivity index (χ2n) is 10.5. The number of hydrogen-bond donors (Lipinski definition) is 4. The van der Waals surface area contributed by atoms with Crippen molar-refractivity contribution < 1.29 is 23.0 Å². The lowest BCUT2D eigenvalue weighted by Crippen LogP contribution is -2.33. The van der Waals surface area contributed by atoms with Gasteiger partial charge in [0.25, 0.3) is 0 Å². The predicted molar refractivity (Wildman–Crippen MR) is 166 cm³/mol. The maximum atomic E-state index is 16.0. The van der Waals surface area contributed by atoms with Crippen LogP contribution in [-0.2, 0) is 10.2 Å². The van der Waals surface area contributed by atoms with Crippen molar-refractivity contribution in [1.82, 2.24) is 20.3 Å². The summed E-state index contributed by atoms with van der Waals surface area (Å²) in [6.45, 7) is 8.29. The lowest BCUT2D eigenvalue weighted by molar-refractivity contribution is 0.243. The summed E-state index contributed by atoms with van der Waals surface area (Å²) in [7, 11) is 1.51. The first-order valence-electron chi connectivity index (χ1n) is 13.4. The van der Waals surface area contributed by atoms with Gasteiger partial charge in [-0.2, -0.15) is 0 Å². The predicted octanol–water partition coefficient (Wildman–Crippen LogP) is 6.97. The Morgan fingerprint density at radius 2 is 1.81 bits per heavy atom. The van der Waals surface area contributed by atoms with Crippen molar-refractivity contribution in [3.63, 3.8) is 0 Å². The Morgan fingerprint density at radius 3 is 2.49 bits per heavy atom. The molecule has 0 bridgehead atoms. The lowest BCUT2D eigenvalue weighted by Gasteiger charge is -2.17. The first-order chi connectivity index (χ1) is 20.5. The molecule has 0 unspecified atom stereocenters. The number of rotatable bonds is 12. The van der Waals surface area contributed by atoms with Gasteiger partial charge in [0.1, 0.15) is 11.6 Å². The quantitative estimate of drug-likeness (QED) is 0.0976. The molecule has 0 aliphatic rings. The molecule has 0 saturated carbocycles. The third-order valence-electron chi connectivity index (χ3n) is 6.04. The lowest BCUT2D eigenvalue weighted by atomic mass is 9.98. The van der Waals surface area contributed by atoms with Crippen LogP contribution in [0, 0.1) is 17.5 Å². The van der Waals surface area contributed by atoms with Crippen molar-refractivity contribution >= 4 is 34.9 Å². The molecule has 8 nitrogen and oxygen atoms in total. The van der Waals surface area contributed by atoms with E-state index in [0.29, 0.717) is 46.6 Å². The van der Waals surface area contributed by atoms with E-state index in [0.717, 1.165) is 17.1 Å². The number of aliphatic hydroxyl groups excluding tert-OH is 1. The van der Waals surface area contributed by atoms with Crippen LogP contribution in [0.1, 0.15) is 32.7 Å². The van der Waals surface area contributed by atoms with Gasteiger partial charge in [-0.25, -0.2) is 28.1 Å². The molecule has 0 aliphatic carbocycles. The number of thiazole rings is 1. The van der Waals surface area contributed by atoms with Gasteiger partial charge in [0.2, 0.25) is 5.95 Å². The van der Waals surface area contributed by atoms with Crippen LogP contribution in [0.4, 0.5) is 24.8 Å². The zero-order valence-corrected chi connectivity index (χ0v) is 26.0. The Bertz CT molecular complexity index is 1570. The number of benzene rings is 2. The summed E-state index contributed by atoms with van der Waals surface area (Å²) in [5.41, 5.74) is 0.906. The van der Waals surface area contributed by atoms with E-state index in [1.54, 1.807) is 24.4 Å². The maximum Gasteiger partial charge on any atom is 0.223 e. The molecule has 4 N–H and O–H groups in total. The van der Waals surface area contributed by atoms with E-state index in [2.05, 4.69) is 25.3 Å². The molecule has 2 aromatic heterocycles. The average Bonchev–Trinajstić information content (AvgIpc) is 3.43. The Labute approximate surface area is 257 Å². The molecule has 4 rings (SSSR count). The number of ether oxygens (including phenoxy) is 1. The third kappa shape index (κ3) is 7.98. The Balaban J connectivity index is 1.64. The minimum atomic E-state index is -0.746. The van der Waals surface area contributed by atoms with Gasteiger partial charge >= 0.3 is 0 Å². The van der Waals surface area contributed by atoms with Crippen LogP contribution >= 0.6 is 23.3 Å². The molecule has 0 aliphatic heterocycles. The van der Waals surface area contributed by atoms with Gasteiger partial charge in [-0.15, -0.1) is 11.3 Å². The number of methoxy groups -OCH3 is 1. The minimum absolute atomic E-state index is 0.0543. The highest BCUT2D eigenvalue weighted by atomic mass is 32.2. The largest absolute Gasteiger partial charge is 0.483 e. The van der Waals surface area contributed by atoms with Crippen molar-refractivity contribution in [2.24, 2.45) is 0 Å². The number of aliphatic hydroxyl groups is 1. The number of aromatic nitrogens is 3. The van der Waals surface area contributed by atoms with Crippen LogP contribution in [0.2, 0.25) is 0 Å². The summed E-state index contributed by atoms with van der Waals surface area (Å²) >= 11 is 2.07. The van der Waals surface area contributed by atoms with Crippen molar-refractivity contribution in [2.75, 3.05) is 30.3 Å². The molecule has 0 saturated heterocycles. The van der Waals surface area contributed by atoms with Gasteiger partial charge < -0.3 is 25.2 Å². The van der Waals surface area contributed by atoms with E-state index in [4.69, 9.17) is 14.8 Å². The highest BCUT2D eigenvalue weighted by molar-refractivity contribution is 8.00. The van der Waals surface area contributed by atoms with Crippen LogP contribution in [0.5, 0.6) is 0 Å². The zero-order valence-electron chi connectivity index (χ0n) is 24.3. The average molecular weight is 631 g/mol. The van der Waals surface area contributed by atoms with Gasteiger partial charge in [0.15, 0.2) is 11.7 Å². The fourth-order valence-electron chi connectivity index (χ4n) is 3.87. The van der Waals surface area contributed by atoms with Crippen LogP contribution < -0.4 is 15.4 Å². The Kier molecular flexibility index (Phi) is 10.5. The van der Waals surface area contributed by atoms with Gasteiger partial charge in [-0.3, -0.25) is 0 Å². The third-order valence-corrected chi connectivity index (χ3v) is 8.46. The van der Waals surface area contributed by atoms with Crippen molar-refractivity contribution in [1.29, 1.82) is 0 Å². The molecular formula is C30H33F3N6O2S2. The number of nitrogens with one attached hydrogen (secondary N) is 3. The smallest absolute Gasteiger partial charge is 0.223 e. The molecule has 13 heteroatoms. The van der Waals surface area contributed by atoms with E-state index >= 15 is 4.39 Å². The summed E-state index contributed by atoms with van der Waals surface area (Å²) < 4.78 is 52.2. The van der Waals surface area contributed by atoms with E-state index in [1.807, 2.05) is 27.7 Å². The van der Waals surface area contributed by atoms with E-state index in [-0.39, 0.29) is 34.2 Å². The van der Waals surface area contributed by atoms with Crippen LogP contribution in [0.15, 0.2) is 65.5 Å². The summed E-state index contributed by atoms with van der Waals surface area (Å²) in [5, 5.41) is 16.2. The Morgan fingerprint density at radius 1 is 1.09 bits per heavy atom. The zero-order chi connectivity index (χ0) is 31.1. The van der Waals surface area contributed by atoms with Gasteiger partial charge in [-0.1, -0.05) is 32.9 Å². The number of nitrogens with zero attached hydrogens (tertiary/aromatic N) is 3. The summed E-state index contributed by atoms with van der Waals surface area (Å²) in [5.74, 6) is -1.29. The maximum absolute atomic E-state index is 16.0. The molecule has 0 radical (unpaired) electrons. The molecule has 1 atom stereocenters. The normalized spacial score (nSPS) is 12.6. The van der Waals surface area contributed by atoms with Crippen LogP contribution in [0.3, 0.4) is 0 Å². The SMILES string of the molecule is CO/C(=C\CO)N[C@@H](C)CNc1nccc(-c2sc(C(C)(C)C)nc2-c2cccc(NSc3c(F)cccc3F)c2F)n1. The van der Waals surface area contributed by atoms with Crippen LogP contribution in [0.25, 0.3) is 21.8 Å². The van der Waals surface area contributed by atoms with Gasteiger partial charge in [0, 0.05) is 35.8 Å². The van der Waals surface area contributed by atoms with E-state index in [9.17, 15) is 8.78 Å². The molecular weight excluding hydrogens is 597 g/mol. The molecule has 2 heterocycles. The number of hydrogen-bond acceptors (Lipinski definition) is 10. The Hall–Kier alpha value is -3.81. The molecule has 4 aromatic rings. The fourth-order valence-corrected chi connectivity index (χ4v) is 5.68. The first kappa shape index (κ1) is 32.1. The van der Waals surface area contributed by atoms with E-state index < -0.39 is 17.5 Å². The molecule has 0 fully saturated rings. The minimum Gasteiger partial charge on any atom is -0.483 e. The standard InChI is InChI=1S/C30H33F3N6O2S2/c1-17(36-23(41-5)13-15-40)16-35-29-34-14-12-22(37-29)27-25(38-28(42-27)30(2,3)4)18-8-6-11-21(24(18)33)39-43-26-19(31)9-7-10-20(26)32/h6-14,17,36,39-40H,15-16H2,1-5H3,(H,34,35,37)/b23-13-/t17-/m0/s1. The number of halogens is 3. The molecule has 43 heavy (non-hydrogen) atoms. The van der Waals surface area contributed by atoms with Gasteiger partial charge in [-0.05, 0) is 49.2 Å². The fraction of sp³-hybridized carbons (Fsp3) is 0.300. The second-order valence-corrected chi connectivity index (χ2v) is 12.3. The van der Waals surface area contributed by atoms with Crippen molar-refractivity contribution in [2.45, 2.75) is 44.0 Å². The summed E-state index contributed by atoms with van der Waals surface area (Å²) in [6.07, 6.45) is 3.13. The highest BCUT2D eigenvalue weighted by Gasteiger charge is 2.26. The monoisotopic (exact) mass is 630 g/mol. The number of anilines is 2. The van der Waals surface area contributed by atoms with E-state index in [1.165, 1.54) is 36.7 Å². The second kappa shape index (κ2) is 14.1. The summed E-state index contributed by atoms with van der Waals surface area (Å²) in [6, 6.07) is 9.96. The van der Waals surface area contributed by atoms with Gasteiger partial charge in [0.05, 0.1) is 45.6 Å². The molecule has 228 valence electrons. The highest BCUT2D eigenvalue weighted by Crippen LogP contribution is 2.42. The van der Waals surface area contributed by atoms with Crippen molar-refractivity contribution in [3.05, 3.63) is 83.1 Å².